The molecule has 0 bridgehead atoms. The molecule has 14 heavy (non-hydrogen) atoms. The molecule has 0 saturated carbocycles. The van der Waals surface area contributed by atoms with Crippen LogP contribution in [0.5, 0.6) is 0 Å². The number of hydrogen-bond donors (Lipinski definition) is 0. The van der Waals surface area contributed by atoms with Crippen molar-refractivity contribution in [3.8, 4) is 0 Å². The Kier molecular flexibility index (Phi) is 4.80. The van der Waals surface area contributed by atoms with Crippen molar-refractivity contribution >= 4 is 9.70 Å². The molecular formula is C9H16IN2O2-. The monoisotopic (exact) mass is 311 g/mol. The number of halogens is 1. The fourth-order valence-corrected chi connectivity index (χ4v) is 2.28. The van der Waals surface area contributed by atoms with Gasteiger partial charge in [0.05, 0.1) is 0 Å². The van der Waals surface area contributed by atoms with Gasteiger partial charge in [-0.05, 0) is 0 Å². The summed E-state index contributed by atoms with van der Waals surface area (Å²) in [5.41, 5.74) is 0. The summed E-state index contributed by atoms with van der Waals surface area (Å²) in [5, 5.41) is 0. The van der Waals surface area contributed by atoms with E-state index in [2.05, 4.69) is 4.90 Å². The molecule has 0 atom stereocenters. The van der Waals surface area contributed by atoms with Gasteiger partial charge in [0.25, 0.3) is 0 Å². The molecule has 5 heteroatoms. The summed E-state index contributed by atoms with van der Waals surface area (Å²) >= 11 is -0.268. The number of carbonyl (C=O) groups is 2. The molecule has 1 saturated heterocycles. The number of nitrogens with zero attached hydrogens (tertiary/aromatic N) is 2. The second kappa shape index (κ2) is 5.65. The third kappa shape index (κ3) is 3.53. The van der Waals surface area contributed by atoms with Crippen molar-refractivity contribution < 1.29 is 30.8 Å². The van der Waals surface area contributed by atoms with Crippen molar-refractivity contribution in [1.82, 2.24) is 9.80 Å². The SMILES string of the molecule is C[I-]C(=O)CN1CCN(C(C)=O)CC1. The van der Waals surface area contributed by atoms with E-state index in [1.165, 1.54) is 0 Å². The van der Waals surface area contributed by atoms with Gasteiger partial charge in [0.1, 0.15) is 0 Å². The van der Waals surface area contributed by atoms with Crippen molar-refractivity contribution in [3.05, 3.63) is 0 Å². The van der Waals surface area contributed by atoms with Crippen LogP contribution >= 0.6 is 0 Å². The molecule has 1 aliphatic rings. The summed E-state index contributed by atoms with van der Waals surface area (Å²) in [4.78, 5) is 28.2. The van der Waals surface area contributed by atoms with E-state index < -0.39 is 0 Å². The summed E-state index contributed by atoms with van der Waals surface area (Å²) in [6.07, 6.45) is 0. The van der Waals surface area contributed by atoms with Gasteiger partial charge in [-0.2, -0.15) is 0 Å². The molecule has 0 radical (unpaired) electrons. The fourth-order valence-electron chi connectivity index (χ4n) is 1.46. The number of hydrogen-bond acceptors (Lipinski definition) is 3. The van der Waals surface area contributed by atoms with Crippen molar-refractivity contribution in [1.29, 1.82) is 0 Å². The zero-order chi connectivity index (χ0) is 10.6. The molecule has 1 fully saturated rings. The van der Waals surface area contributed by atoms with E-state index in [4.69, 9.17) is 0 Å². The Morgan fingerprint density at radius 3 is 2.21 bits per heavy atom. The topological polar surface area (TPSA) is 40.6 Å². The van der Waals surface area contributed by atoms with Gasteiger partial charge in [-0.3, -0.25) is 0 Å². The zero-order valence-electron chi connectivity index (χ0n) is 8.62. The fraction of sp³-hybridized carbons (Fsp3) is 0.778. The molecule has 0 aromatic rings. The van der Waals surface area contributed by atoms with E-state index in [-0.39, 0.29) is 27.1 Å². The molecule has 1 amide bonds. The summed E-state index contributed by atoms with van der Waals surface area (Å²) in [6, 6.07) is 0. The number of alkyl halides is 1. The van der Waals surface area contributed by atoms with Crippen LogP contribution in [-0.2, 0) is 9.59 Å². The van der Waals surface area contributed by atoms with Crippen LogP contribution in [0, 0.1) is 0 Å². The van der Waals surface area contributed by atoms with E-state index in [0.717, 1.165) is 26.2 Å². The predicted octanol–water partition coefficient (Wildman–Crippen LogP) is -3.60. The van der Waals surface area contributed by atoms with Gasteiger partial charge in [0.2, 0.25) is 0 Å². The zero-order valence-corrected chi connectivity index (χ0v) is 10.8. The van der Waals surface area contributed by atoms with Crippen molar-refractivity contribution in [3.63, 3.8) is 0 Å². The van der Waals surface area contributed by atoms with Gasteiger partial charge in [-0.15, -0.1) is 0 Å². The van der Waals surface area contributed by atoms with Crippen molar-refractivity contribution in [2.45, 2.75) is 6.92 Å². The summed E-state index contributed by atoms with van der Waals surface area (Å²) < 4.78 is 0.389. The number of piperazine rings is 1. The molecule has 0 unspecified atom stereocenters. The van der Waals surface area contributed by atoms with Gasteiger partial charge < -0.3 is 0 Å². The molecule has 82 valence electrons. The first-order chi connectivity index (χ1) is 6.63. The molecule has 1 rings (SSSR count). The van der Waals surface area contributed by atoms with Crippen LogP contribution in [0.2, 0.25) is 0 Å². The Hall–Kier alpha value is -0.170. The summed E-state index contributed by atoms with van der Waals surface area (Å²) in [6.45, 7) is 5.41. The Labute approximate surface area is 94.9 Å². The quantitative estimate of drug-likeness (QED) is 0.307. The molecule has 1 heterocycles. The third-order valence-corrected chi connectivity index (χ3v) is 3.92. The molecule has 0 aromatic heterocycles. The number of amides is 1. The Morgan fingerprint density at radius 2 is 1.79 bits per heavy atom. The molecule has 4 nitrogen and oxygen atoms in total. The summed E-state index contributed by atoms with van der Waals surface area (Å²) in [7, 11) is 0. The predicted molar refractivity (Wildman–Crippen MR) is 49.6 cm³/mol. The van der Waals surface area contributed by atoms with E-state index >= 15 is 0 Å². The van der Waals surface area contributed by atoms with Gasteiger partial charge in [-0.25, -0.2) is 0 Å². The van der Waals surface area contributed by atoms with Crippen LogP contribution in [0.4, 0.5) is 0 Å². The number of carbonyl (C=O) groups excluding carboxylic acids is 2. The summed E-state index contributed by atoms with van der Waals surface area (Å²) in [5.74, 6) is 0.138. The van der Waals surface area contributed by atoms with Gasteiger partial charge >= 0.3 is 94.9 Å². The van der Waals surface area contributed by atoms with Crippen molar-refractivity contribution in [2.75, 3.05) is 37.7 Å². The Balaban J connectivity index is 2.29. The van der Waals surface area contributed by atoms with Crippen molar-refractivity contribution in [2.24, 2.45) is 0 Å². The first-order valence-corrected chi connectivity index (χ1v) is 7.87. The maximum absolute atomic E-state index is 11.2. The van der Waals surface area contributed by atoms with Crippen LogP contribution < -0.4 is 21.2 Å². The van der Waals surface area contributed by atoms with E-state index in [0.29, 0.717) is 10.3 Å². The number of rotatable bonds is 3. The van der Waals surface area contributed by atoms with E-state index in [9.17, 15) is 9.59 Å². The van der Waals surface area contributed by atoms with Gasteiger partial charge in [0, 0.05) is 0 Å². The Morgan fingerprint density at radius 1 is 1.21 bits per heavy atom. The van der Waals surface area contributed by atoms with Gasteiger partial charge in [0.15, 0.2) is 0 Å². The molecular weight excluding hydrogens is 295 g/mol. The average Bonchev–Trinajstić information content (AvgIpc) is 2.18. The van der Waals surface area contributed by atoms with Crippen LogP contribution in [0.15, 0.2) is 0 Å². The van der Waals surface area contributed by atoms with Crippen LogP contribution in [0.1, 0.15) is 6.92 Å². The average molecular weight is 311 g/mol. The normalized spacial score (nSPS) is 18.6. The third-order valence-electron chi connectivity index (χ3n) is 2.38. The molecule has 0 N–H and O–H groups in total. The Bertz CT molecular complexity index is 225. The molecule has 1 aliphatic heterocycles. The standard InChI is InChI=1S/C9H16IN2O2/c1-8(13)12-5-3-11(4-6-12)7-9(14)10-2/h3-7H2,1-2H3/q-1. The van der Waals surface area contributed by atoms with Crippen LogP contribution in [0.25, 0.3) is 0 Å². The molecule has 0 aromatic carbocycles. The molecule has 0 spiro atoms. The second-order valence-electron chi connectivity index (χ2n) is 3.33. The van der Waals surface area contributed by atoms with E-state index in [1.54, 1.807) is 6.92 Å². The van der Waals surface area contributed by atoms with E-state index in [1.807, 2.05) is 9.83 Å². The molecule has 0 aliphatic carbocycles. The second-order valence-corrected chi connectivity index (χ2v) is 5.61. The maximum atomic E-state index is 11.2. The minimum absolute atomic E-state index is 0.138. The van der Waals surface area contributed by atoms with Crippen LogP contribution in [0.3, 0.4) is 0 Å². The minimum atomic E-state index is -0.268. The first kappa shape index (κ1) is 11.9. The first-order valence-electron chi connectivity index (χ1n) is 4.63. The van der Waals surface area contributed by atoms with Crippen LogP contribution in [-0.4, -0.2) is 57.2 Å². The van der Waals surface area contributed by atoms with Gasteiger partial charge in [-0.1, -0.05) is 0 Å².